The first-order chi connectivity index (χ1) is 11.0. The van der Waals surface area contributed by atoms with Crippen LogP contribution in [0, 0.1) is 23.7 Å². The first-order valence-electron chi connectivity index (χ1n) is 6.48. The maximum Gasteiger partial charge on any atom is 0.157 e. The molecule has 114 valence electrons. The van der Waals surface area contributed by atoms with Crippen molar-refractivity contribution in [3.63, 3.8) is 0 Å². The molecule has 0 aromatic heterocycles. The smallest absolute Gasteiger partial charge is 0.157 e. The van der Waals surface area contributed by atoms with Crippen molar-refractivity contribution < 1.29 is 4.74 Å². The average molecular weight is 363 g/mol. The number of hydrogen-bond donors (Lipinski definition) is 0. The number of nitrogens with zero attached hydrogens (tertiary/aromatic N) is 1. The highest BCUT2D eigenvalue weighted by molar-refractivity contribution is 6.37. The van der Waals surface area contributed by atoms with Crippen molar-refractivity contribution in [2.24, 2.45) is 0 Å². The molecule has 0 unspecified atom stereocenters. The summed E-state index contributed by atoms with van der Waals surface area (Å²) >= 11 is 18.2. The van der Waals surface area contributed by atoms with Crippen LogP contribution in [0.2, 0.25) is 15.1 Å². The van der Waals surface area contributed by atoms with Gasteiger partial charge in [0.15, 0.2) is 5.75 Å². The Morgan fingerprint density at radius 1 is 1.13 bits per heavy atom. The second kappa shape index (κ2) is 7.95. The number of ether oxygens (including phenoxy) is 1. The molecule has 0 fully saturated rings. The molecule has 0 amide bonds. The van der Waals surface area contributed by atoms with Gasteiger partial charge in [-0.1, -0.05) is 52.9 Å². The lowest BCUT2D eigenvalue weighted by molar-refractivity contribution is 0.371. The van der Waals surface area contributed by atoms with E-state index in [0.717, 1.165) is 5.56 Å². The number of rotatable bonds is 4. The van der Waals surface area contributed by atoms with Crippen molar-refractivity contribution in [1.29, 1.82) is 5.26 Å². The molecule has 5 heteroatoms. The fraction of sp³-hybridized carbons (Fsp3) is 0.0556. The Bertz CT molecular complexity index is 804. The van der Waals surface area contributed by atoms with Crippen molar-refractivity contribution in [3.05, 3.63) is 62.6 Å². The van der Waals surface area contributed by atoms with Gasteiger partial charge >= 0.3 is 0 Å². The molecule has 2 aromatic carbocycles. The lowest BCUT2D eigenvalue weighted by Crippen LogP contribution is -1.95. The summed E-state index contributed by atoms with van der Waals surface area (Å²) in [5, 5.41) is 10.6. The molecule has 0 radical (unpaired) electrons. The summed E-state index contributed by atoms with van der Waals surface area (Å²) in [6, 6.07) is 12.4. The van der Waals surface area contributed by atoms with Gasteiger partial charge in [0.1, 0.15) is 6.61 Å². The summed E-state index contributed by atoms with van der Waals surface area (Å²) in [5.41, 5.74) is 1.89. The van der Waals surface area contributed by atoms with E-state index in [1.807, 2.05) is 0 Å². The minimum atomic E-state index is 0.0723. The summed E-state index contributed by atoms with van der Waals surface area (Å²) < 4.78 is 5.30. The van der Waals surface area contributed by atoms with Crippen molar-refractivity contribution in [2.45, 2.75) is 0 Å². The van der Waals surface area contributed by atoms with Gasteiger partial charge in [-0.15, -0.1) is 6.42 Å². The lowest BCUT2D eigenvalue weighted by atomic mass is 10.0. The highest BCUT2D eigenvalue weighted by Gasteiger charge is 2.10. The number of terminal acetylenes is 1. The van der Waals surface area contributed by atoms with E-state index < -0.39 is 0 Å². The third kappa shape index (κ3) is 4.44. The normalized spacial score (nSPS) is 10.7. The molecule has 0 saturated heterocycles. The third-order valence-electron chi connectivity index (χ3n) is 2.91. The second-order valence-corrected chi connectivity index (χ2v) is 5.73. The summed E-state index contributed by atoms with van der Waals surface area (Å²) in [6.07, 6.45) is 6.84. The van der Waals surface area contributed by atoms with E-state index in [-0.39, 0.29) is 6.61 Å². The van der Waals surface area contributed by atoms with Crippen LogP contribution in [0.1, 0.15) is 11.1 Å². The molecule has 2 aromatic rings. The van der Waals surface area contributed by atoms with Crippen LogP contribution in [-0.2, 0) is 0 Å². The zero-order valence-corrected chi connectivity index (χ0v) is 14.1. The second-order valence-electron chi connectivity index (χ2n) is 4.48. The van der Waals surface area contributed by atoms with Gasteiger partial charge in [-0.25, -0.2) is 0 Å². The molecule has 2 rings (SSSR count). The quantitative estimate of drug-likeness (QED) is 0.396. The summed E-state index contributed by atoms with van der Waals surface area (Å²) in [4.78, 5) is 0. The highest BCUT2D eigenvalue weighted by Crippen LogP contribution is 2.35. The number of allylic oxidation sites excluding steroid dienone is 1. The van der Waals surface area contributed by atoms with Crippen LogP contribution in [0.15, 0.2) is 36.4 Å². The standard InChI is InChI=1S/C18H10Cl3NO/c1-2-7-23-18-16(20)9-12(10-17(18)21)8-14(11-22)13-3-5-15(19)6-4-13/h1,3-6,8-10H,7H2/b14-8-. The van der Waals surface area contributed by atoms with E-state index in [1.54, 1.807) is 42.5 Å². The highest BCUT2D eigenvalue weighted by atomic mass is 35.5. The van der Waals surface area contributed by atoms with E-state index in [2.05, 4.69) is 12.0 Å². The average Bonchev–Trinajstić information content (AvgIpc) is 2.53. The molecule has 0 aliphatic rings. The van der Waals surface area contributed by atoms with Crippen molar-refractivity contribution >= 4 is 46.5 Å². The van der Waals surface area contributed by atoms with E-state index >= 15 is 0 Å². The molecular formula is C18H10Cl3NO. The maximum absolute atomic E-state index is 9.36. The van der Waals surface area contributed by atoms with E-state index in [1.165, 1.54) is 0 Å². The Morgan fingerprint density at radius 2 is 1.74 bits per heavy atom. The van der Waals surface area contributed by atoms with Gasteiger partial charge in [0.25, 0.3) is 0 Å². The molecule has 2 nitrogen and oxygen atoms in total. The van der Waals surface area contributed by atoms with Gasteiger partial charge in [-0.3, -0.25) is 0 Å². The molecule has 23 heavy (non-hydrogen) atoms. The van der Waals surface area contributed by atoms with Crippen LogP contribution in [0.5, 0.6) is 5.75 Å². The Hall–Kier alpha value is -2.10. The monoisotopic (exact) mass is 361 g/mol. The van der Waals surface area contributed by atoms with Crippen LogP contribution < -0.4 is 4.74 Å². The van der Waals surface area contributed by atoms with Crippen LogP contribution in [0.25, 0.3) is 11.6 Å². The Labute approximate surface area is 149 Å². The molecule has 0 N–H and O–H groups in total. The van der Waals surface area contributed by atoms with Gasteiger partial charge in [0.2, 0.25) is 0 Å². The minimum absolute atomic E-state index is 0.0723. The van der Waals surface area contributed by atoms with Crippen LogP contribution in [0.3, 0.4) is 0 Å². The minimum Gasteiger partial charge on any atom is -0.478 e. The molecule has 0 atom stereocenters. The first-order valence-corrected chi connectivity index (χ1v) is 7.61. The molecular weight excluding hydrogens is 353 g/mol. The largest absolute Gasteiger partial charge is 0.478 e. The molecule has 0 bridgehead atoms. The predicted octanol–water partition coefficient (Wildman–Crippen LogP) is 5.72. The van der Waals surface area contributed by atoms with Gasteiger partial charge in [0.05, 0.1) is 21.7 Å². The lowest BCUT2D eigenvalue weighted by Gasteiger charge is -2.09. The number of hydrogen-bond acceptors (Lipinski definition) is 2. The van der Waals surface area contributed by atoms with Gasteiger partial charge in [0, 0.05) is 5.02 Å². The number of halogens is 3. The van der Waals surface area contributed by atoms with Gasteiger partial charge in [-0.2, -0.15) is 5.26 Å². The van der Waals surface area contributed by atoms with Gasteiger partial charge < -0.3 is 4.74 Å². The molecule has 0 aliphatic carbocycles. The molecule has 0 heterocycles. The summed E-state index contributed by atoms with van der Waals surface area (Å²) in [7, 11) is 0. The Kier molecular flexibility index (Phi) is 5.97. The van der Waals surface area contributed by atoms with Crippen LogP contribution in [0.4, 0.5) is 0 Å². The third-order valence-corrected chi connectivity index (χ3v) is 3.72. The zero-order chi connectivity index (χ0) is 16.8. The predicted molar refractivity (Wildman–Crippen MR) is 95.7 cm³/mol. The van der Waals surface area contributed by atoms with Crippen LogP contribution in [-0.4, -0.2) is 6.61 Å². The van der Waals surface area contributed by atoms with E-state index in [0.29, 0.717) is 32.0 Å². The number of nitriles is 1. The molecule has 0 aliphatic heterocycles. The fourth-order valence-corrected chi connectivity index (χ4v) is 2.63. The van der Waals surface area contributed by atoms with Crippen molar-refractivity contribution in [1.82, 2.24) is 0 Å². The number of benzene rings is 2. The van der Waals surface area contributed by atoms with Crippen molar-refractivity contribution in [3.8, 4) is 24.2 Å². The van der Waals surface area contributed by atoms with E-state index in [4.69, 9.17) is 46.0 Å². The first kappa shape index (κ1) is 17.3. The van der Waals surface area contributed by atoms with Crippen molar-refractivity contribution in [2.75, 3.05) is 6.61 Å². The Balaban J connectivity index is 2.39. The fourth-order valence-electron chi connectivity index (χ4n) is 1.89. The maximum atomic E-state index is 9.36. The summed E-state index contributed by atoms with van der Waals surface area (Å²) in [5.74, 6) is 2.67. The summed E-state index contributed by atoms with van der Waals surface area (Å²) in [6.45, 7) is 0.0723. The molecule has 0 saturated carbocycles. The topological polar surface area (TPSA) is 33.0 Å². The van der Waals surface area contributed by atoms with Crippen LogP contribution >= 0.6 is 34.8 Å². The van der Waals surface area contributed by atoms with E-state index in [9.17, 15) is 5.26 Å². The van der Waals surface area contributed by atoms with Gasteiger partial charge in [-0.05, 0) is 41.5 Å². The zero-order valence-electron chi connectivity index (χ0n) is 11.8. The molecule has 0 spiro atoms. The SMILES string of the molecule is C#CCOc1c(Cl)cc(/C=C(/C#N)c2ccc(Cl)cc2)cc1Cl. The Morgan fingerprint density at radius 3 is 2.26 bits per heavy atom.